The molecule has 4 rings (SSSR count). The van der Waals surface area contributed by atoms with Gasteiger partial charge in [0.1, 0.15) is 11.6 Å². The third-order valence-electron chi connectivity index (χ3n) is 5.84. The number of nitrogens with one attached hydrogen (secondary N) is 2. The van der Waals surface area contributed by atoms with Gasteiger partial charge in [-0.05, 0) is 62.4 Å². The highest BCUT2D eigenvalue weighted by Crippen LogP contribution is 2.38. The summed E-state index contributed by atoms with van der Waals surface area (Å²) in [6.45, 7) is 7.94. The average molecular weight is 457 g/mol. The molecule has 0 saturated carbocycles. The van der Waals surface area contributed by atoms with Crippen LogP contribution in [-0.2, 0) is 10.0 Å². The molecular weight excluding hydrogens is 428 g/mol. The van der Waals surface area contributed by atoms with E-state index in [4.69, 9.17) is 10.7 Å². The molecule has 1 fully saturated rings. The van der Waals surface area contributed by atoms with Crippen molar-refractivity contribution in [1.82, 2.24) is 20.0 Å². The molecule has 2 aliphatic rings. The highest BCUT2D eigenvalue weighted by Gasteiger charge is 2.39. The molecule has 0 spiro atoms. The van der Waals surface area contributed by atoms with E-state index in [0.717, 1.165) is 37.2 Å². The summed E-state index contributed by atoms with van der Waals surface area (Å²) in [6.07, 6.45) is 3.71. The van der Waals surface area contributed by atoms with Crippen LogP contribution >= 0.6 is 0 Å². The zero-order valence-corrected chi connectivity index (χ0v) is 19.2. The van der Waals surface area contributed by atoms with Crippen molar-refractivity contribution in [3.05, 3.63) is 47.8 Å². The average Bonchev–Trinajstić information content (AvgIpc) is 3.34. The van der Waals surface area contributed by atoms with Gasteiger partial charge < -0.3 is 16.0 Å². The van der Waals surface area contributed by atoms with Crippen molar-refractivity contribution in [2.45, 2.75) is 44.2 Å². The van der Waals surface area contributed by atoms with Crippen molar-refractivity contribution < 1.29 is 13.2 Å². The second-order valence-corrected chi connectivity index (χ2v) is 10.6. The zero-order valence-electron chi connectivity index (χ0n) is 18.4. The minimum Gasteiger partial charge on any atom is -0.390 e. The summed E-state index contributed by atoms with van der Waals surface area (Å²) in [5.74, 6) is 0.201. The third-order valence-corrected chi connectivity index (χ3v) is 7.07. The number of hydrogen-bond acceptors (Lipinski definition) is 8. The summed E-state index contributed by atoms with van der Waals surface area (Å²) >= 11 is 0. The van der Waals surface area contributed by atoms with Gasteiger partial charge in [0.05, 0.1) is 11.3 Å². The van der Waals surface area contributed by atoms with Crippen molar-refractivity contribution in [3.8, 4) is 0 Å². The molecule has 2 aromatic heterocycles. The summed E-state index contributed by atoms with van der Waals surface area (Å²) in [4.78, 5) is 23.9. The lowest BCUT2D eigenvalue weighted by Crippen LogP contribution is -2.41. The Morgan fingerprint density at radius 1 is 1.25 bits per heavy atom. The number of rotatable bonds is 5. The van der Waals surface area contributed by atoms with Crippen molar-refractivity contribution >= 4 is 33.1 Å². The fourth-order valence-corrected chi connectivity index (χ4v) is 5.40. The van der Waals surface area contributed by atoms with Crippen LogP contribution in [0, 0.1) is 5.92 Å². The van der Waals surface area contributed by atoms with Gasteiger partial charge in [0, 0.05) is 24.8 Å². The predicted octanol–water partition coefficient (Wildman–Crippen LogP) is 2.14. The Bertz CT molecular complexity index is 1190. The van der Waals surface area contributed by atoms with Crippen LogP contribution in [0.1, 0.15) is 49.7 Å². The van der Waals surface area contributed by atoms with Crippen LogP contribution in [0.3, 0.4) is 0 Å². The highest BCUT2D eigenvalue weighted by molar-refractivity contribution is 7.90. The van der Waals surface area contributed by atoms with Crippen LogP contribution in [0.4, 0.5) is 11.6 Å². The number of carbonyl (C=O) groups excluding carboxylic acids is 1. The van der Waals surface area contributed by atoms with Crippen molar-refractivity contribution in [2.24, 2.45) is 5.92 Å². The van der Waals surface area contributed by atoms with Gasteiger partial charge in [-0.2, -0.15) is 8.42 Å². The van der Waals surface area contributed by atoms with Crippen molar-refractivity contribution in [3.63, 3.8) is 0 Å². The molecule has 4 heterocycles. The Balaban J connectivity index is 1.73. The highest BCUT2D eigenvalue weighted by atomic mass is 32.2. The molecule has 1 amide bonds. The molecule has 1 saturated heterocycles. The smallest absolute Gasteiger partial charge is 0.281 e. The van der Waals surface area contributed by atoms with Gasteiger partial charge in [0.25, 0.3) is 15.9 Å². The number of carbonyl (C=O) groups is 1. The summed E-state index contributed by atoms with van der Waals surface area (Å²) in [5, 5.41) is 2.87. The molecule has 32 heavy (non-hydrogen) atoms. The molecule has 0 bridgehead atoms. The summed E-state index contributed by atoms with van der Waals surface area (Å²) in [5.41, 5.74) is 7.42. The minimum atomic E-state index is -4.19. The molecule has 0 radical (unpaired) electrons. The Morgan fingerprint density at radius 2 is 2.03 bits per heavy atom. The van der Waals surface area contributed by atoms with Crippen LogP contribution in [0.2, 0.25) is 0 Å². The van der Waals surface area contributed by atoms with E-state index in [2.05, 4.69) is 40.7 Å². The maximum Gasteiger partial charge on any atom is 0.281 e. The van der Waals surface area contributed by atoms with E-state index in [1.807, 2.05) is 6.20 Å². The van der Waals surface area contributed by atoms with E-state index in [0.29, 0.717) is 11.7 Å². The van der Waals surface area contributed by atoms with Gasteiger partial charge in [-0.15, -0.1) is 0 Å². The van der Waals surface area contributed by atoms with Crippen LogP contribution in [0.25, 0.3) is 5.57 Å². The number of sulfonamides is 1. The largest absolute Gasteiger partial charge is 0.390 e. The van der Waals surface area contributed by atoms with Crippen molar-refractivity contribution in [1.29, 1.82) is 0 Å². The fraction of sp³-hybridized carbons (Fsp3) is 0.409. The van der Waals surface area contributed by atoms with E-state index in [9.17, 15) is 13.2 Å². The second kappa shape index (κ2) is 8.09. The number of amides is 1. The summed E-state index contributed by atoms with van der Waals surface area (Å²) < 4.78 is 27.6. The zero-order chi connectivity index (χ0) is 23.1. The van der Waals surface area contributed by atoms with Crippen LogP contribution < -0.4 is 20.7 Å². The van der Waals surface area contributed by atoms with E-state index in [1.165, 1.54) is 18.2 Å². The maximum absolute atomic E-state index is 13.2. The number of hydrogen-bond donors (Lipinski definition) is 3. The van der Waals surface area contributed by atoms with E-state index >= 15 is 0 Å². The van der Waals surface area contributed by atoms with Gasteiger partial charge in [0.2, 0.25) is 0 Å². The topological polar surface area (TPSA) is 130 Å². The Morgan fingerprint density at radius 3 is 2.66 bits per heavy atom. The fourth-order valence-electron chi connectivity index (χ4n) is 4.46. The number of nitrogens with two attached hydrogens (primary N) is 1. The van der Waals surface area contributed by atoms with Gasteiger partial charge in [-0.3, -0.25) is 4.79 Å². The molecule has 0 aliphatic carbocycles. The first kappa shape index (κ1) is 22.1. The molecule has 9 nitrogen and oxygen atoms in total. The summed E-state index contributed by atoms with van der Waals surface area (Å²) in [7, 11) is -4.19. The first-order valence-corrected chi connectivity index (χ1v) is 12.1. The number of nitrogens with zero attached hydrogens (tertiary/aromatic N) is 3. The van der Waals surface area contributed by atoms with Gasteiger partial charge in [0.15, 0.2) is 5.03 Å². The maximum atomic E-state index is 13.2. The lowest BCUT2D eigenvalue weighted by molar-refractivity contribution is 0.0981. The number of anilines is 2. The van der Waals surface area contributed by atoms with Crippen LogP contribution in [0.5, 0.6) is 0 Å². The Hall–Kier alpha value is -3.14. The molecule has 1 atom stereocenters. The minimum absolute atomic E-state index is 0.0540. The van der Waals surface area contributed by atoms with E-state index in [-0.39, 0.29) is 21.9 Å². The molecule has 170 valence electrons. The first-order valence-electron chi connectivity index (χ1n) is 10.6. The normalized spacial score (nSPS) is 20.0. The van der Waals surface area contributed by atoms with Gasteiger partial charge in [-0.25, -0.2) is 14.7 Å². The first-order chi connectivity index (χ1) is 15.1. The van der Waals surface area contributed by atoms with E-state index < -0.39 is 15.9 Å². The second-order valence-electron chi connectivity index (χ2n) is 9.01. The third kappa shape index (κ3) is 4.27. The molecule has 0 aromatic carbocycles. The van der Waals surface area contributed by atoms with Crippen LogP contribution in [0.15, 0.2) is 41.6 Å². The number of aromatic nitrogens is 2. The SMILES string of the molecule is C[C@@H]1CN(c2nc(C3=CNCC3)ccc2C(=O)NS(=O)(=O)c2cccc(N)n2)C(C)(C)C1. The summed E-state index contributed by atoms with van der Waals surface area (Å²) in [6, 6.07) is 7.65. The monoisotopic (exact) mass is 456 g/mol. The Labute approximate surface area is 188 Å². The molecule has 4 N–H and O–H groups in total. The van der Waals surface area contributed by atoms with E-state index in [1.54, 1.807) is 12.1 Å². The van der Waals surface area contributed by atoms with Gasteiger partial charge >= 0.3 is 0 Å². The van der Waals surface area contributed by atoms with Crippen molar-refractivity contribution in [2.75, 3.05) is 23.7 Å². The number of pyridine rings is 2. The predicted molar refractivity (Wildman–Crippen MR) is 123 cm³/mol. The lowest BCUT2D eigenvalue weighted by atomic mass is 9.97. The molecule has 10 heteroatoms. The standard InChI is InChI=1S/C22H28N6O3S/c1-14-11-22(2,3)28(13-14)20-16(7-8-17(25-20)15-9-10-24-12-15)21(29)27-32(30,31)19-6-4-5-18(23)26-19/h4-8,12,14,24H,9-11,13H2,1-3H3,(H2,23,26)(H,27,29)/t14-/m0/s1. The van der Waals surface area contributed by atoms with Crippen LogP contribution in [-0.4, -0.2) is 42.9 Å². The van der Waals surface area contributed by atoms with Gasteiger partial charge in [-0.1, -0.05) is 13.0 Å². The molecule has 0 unspecified atom stereocenters. The molecule has 2 aliphatic heterocycles. The lowest BCUT2D eigenvalue weighted by Gasteiger charge is -2.34. The molecular formula is C22H28N6O3S. The molecule has 2 aromatic rings. The Kier molecular flexibility index (Phi) is 5.58. The number of nitrogen functional groups attached to an aromatic ring is 1. The quantitative estimate of drug-likeness (QED) is 0.624.